The van der Waals surface area contributed by atoms with Crippen LogP contribution < -0.4 is 10.1 Å². The highest BCUT2D eigenvalue weighted by Crippen LogP contribution is 2.29. The van der Waals surface area contributed by atoms with Crippen LogP contribution in [0.2, 0.25) is 0 Å². The molecule has 1 amide bonds. The molecule has 1 aromatic heterocycles. The first-order chi connectivity index (χ1) is 13.6. The molecule has 3 rings (SSSR count). The smallest absolute Gasteiger partial charge is 0.254 e. The number of carbonyl (C=O) groups excluding carboxylic acids is 1. The minimum atomic E-state index is -0.112. The maximum absolute atomic E-state index is 12.6. The number of nitrogens with one attached hydrogen (secondary N) is 1. The fraction of sp³-hybridized carbons (Fsp3) is 0.217. The van der Waals surface area contributed by atoms with Gasteiger partial charge in [0.1, 0.15) is 10.8 Å². The molecule has 5 heteroatoms. The van der Waals surface area contributed by atoms with Gasteiger partial charge in [0.15, 0.2) is 0 Å². The van der Waals surface area contributed by atoms with Crippen molar-refractivity contribution in [2.45, 2.75) is 30.2 Å². The molecule has 1 N–H and O–H groups in total. The van der Waals surface area contributed by atoms with Gasteiger partial charge >= 0.3 is 0 Å². The van der Waals surface area contributed by atoms with Gasteiger partial charge in [-0.2, -0.15) is 0 Å². The zero-order valence-corrected chi connectivity index (χ0v) is 17.0. The Labute approximate surface area is 170 Å². The lowest BCUT2D eigenvalue weighted by molar-refractivity contribution is 0.0948. The molecule has 0 radical (unpaired) electrons. The number of nitrogens with zero attached hydrogens (tertiary/aromatic N) is 1. The Morgan fingerprint density at radius 3 is 2.64 bits per heavy atom. The van der Waals surface area contributed by atoms with Crippen molar-refractivity contribution >= 4 is 17.7 Å². The van der Waals surface area contributed by atoms with Crippen molar-refractivity contribution in [3.63, 3.8) is 0 Å². The van der Waals surface area contributed by atoms with Crippen LogP contribution in [0.3, 0.4) is 0 Å². The van der Waals surface area contributed by atoms with E-state index in [-0.39, 0.29) is 5.91 Å². The summed E-state index contributed by atoms with van der Waals surface area (Å²) in [4.78, 5) is 18.1. The van der Waals surface area contributed by atoms with Crippen LogP contribution >= 0.6 is 11.8 Å². The summed E-state index contributed by atoms with van der Waals surface area (Å²) in [6.45, 7) is 5.28. The van der Waals surface area contributed by atoms with Crippen LogP contribution in [0.5, 0.6) is 5.75 Å². The van der Waals surface area contributed by atoms with E-state index in [1.54, 1.807) is 12.3 Å². The van der Waals surface area contributed by atoms with Crippen molar-refractivity contribution < 1.29 is 9.53 Å². The van der Waals surface area contributed by atoms with E-state index < -0.39 is 0 Å². The highest BCUT2D eigenvalue weighted by atomic mass is 32.2. The largest absolute Gasteiger partial charge is 0.494 e. The Bertz CT molecular complexity index is 929. The predicted octanol–water partition coefficient (Wildman–Crippen LogP) is 5.05. The highest BCUT2D eigenvalue weighted by Gasteiger charge is 2.13. The second-order valence-electron chi connectivity index (χ2n) is 6.48. The number of carbonyl (C=O) groups is 1. The van der Waals surface area contributed by atoms with Crippen molar-refractivity contribution in [2.24, 2.45) is 0 Å². The molecule has 0 unspecified atom stereocenters. The molecule has 28 heavy (non-hydrogen) atoms. The van der Waals surface area contributed by atoms with Gasteiger partial charge in [0.05, 0.1) is 12.2 Å². The average molecular weight is 393 g/mol. The molecule has 0 saturated heterocycles. The number of benzene rings is 2. The van der Waals surface area contributed by atoms with Crippen LogP contribution in [0.4, 0.5) is 0 Å². The van der Waals surface area contributed by atoms with Gasteiger partial charge in [0.2, 0.25) is 0 Å². The number of pyridine rings is 1. The zero-order chi connectivity index (χ0) is 19.8. The van der Waals surface area contributed by atoms with Crippen LogP contribution in [-0.2, 0) is 0 Å². The van der Waals surface area contributed by atoms with Gasteiger partial charge in [0.25, 0.3) is 5.91 Å². The Hall–Kier alpha value is -2.79. The molecule has 0 aliphatic carbocycles. The number of rotatable bonds is 8. The summed E-state index contributed by atoms with van der Waals surface area (Å²) in [5, 5.41) is 3.67. The van der Waals surface area contributed by atoms with Gasteiger partial charge < -0.3 is 10.1 Å². The van der Waals surface area contributed by atoms with Crippen LogP contribution in [0, 0.1) is 13.8 Å². The molecular weight excluding hydrogens is 368 g/mol. The van der Waals surface area contributed by atoms with E-state index >= 15 is 0 Å². The van der Waals surface area contributed by atoms with Crippen molar-refractivity contribution in [2.75, 3.05) is 13.2 Å². The normalized spacial score (nSPS) is 10.5. The highest BCUT2D eigenvalue weighted by molar-refractivity contribution is 7.99. The summed E-state index contributed by atoms with van der Waals surface area (Å²) in [5.74, 6) is 0.729. The standard InChI is InChI=1S/C23H24N2O2S/c1-17-11-12-20(16-18(17)2)28-23-21(10-6-13-25-23)22(26)24-14-7-15-27-19-8-4-3-5-9-19/h3-6,8-13,16H,7,14-15H2,1-2H3,(H,24,26). The summed E-state index contributed by atoms with van der Waals surface area (Å²) in [5.41, 5.74) is 3.07. The number of hydrogen-bond acceptors (Lipinski definition) is 4. The zero-order valence-electron chi connectivity index (χ0n) is 16.1. The number of amides is 1. The van der Waals surface area contributed by atoms with E-state index in [1.807, 2.05) is 36.4 Å². The molecule has 2 aromatic carbocycles. The molecule has 0 fully saturated rings. The second-order valence-corrected chi connectivity index (χ2v) is 7.54. The van der Waals surface area contributed by atoms with Gasteiger partial charge in [-0.05, 0) is 67.8 Å². The van der Waals surface area contributed by atoms with Crippen molar-refractivity contribution in [3.8, 4) is 5.75 Å². The summed E-state index contributed by atoms with van der Waals surface area (Å²) < 4.78 is 5.65. The molecular formula is C23H24N2O2S. The topological polar surface area (TPSA) is 51.2 Å². The van der Waals surface area contributed by atoms with Gasteiger partial charge in [-0.25, -0.2) is 4.98 Å². The summed E-state index contributed by atoms with van der Waals surface area (Å²) in [7, 11) is 0. The fourth-order valence-corrected chi connectivity index (χ4v) is 3.59. The molecule has 0 aliphatic rings. The molecule has 144 valence electrons. The van der Waals surface area contributed by atoms with Crippen LogP contribution in [0.15, 0.2) is 76.8 Å². The fourth-order valence-electron chi connectivity index (χ4n) is 2.61. The second kappa shape index (κ2) is 9.95. The minimum absolute atomic E-state index is 0.112. The third-order valence-electron chi connectivity index (χ3n) is 4.33. The van der Waals surface area contributed by atoms with E-state index in [2.05, 4.69) is 42.3 Å². The SMILES string of the molecule is Cc1ccc(Sc2ncccc2C(=O)NCCCOc2ccccc2)cc1C. The van der Waals surface area contributed by atoms with E-state index in [9.17, 15) is 4.79 Å². The molecule has 1 heterocycles. The number of hydrogen-bond donors (Lipinski definition) is 1. The maximum atomic E-state index is 12.6. The van der Waals surface area contributed by atoms with Gasteiger partial charge in [-0.3, -0.25) is 4.79 Å². The molecule has 3 aromatic rings. The van der Waals surface area contributed by atoms with Gasteiger partial charge in [0, 0.05) is 17.6 Å². The Balaban J connectivity index is 1.54. The summed E-state index contributed by atoms with van der Waals surface area (Å²) >= 11 is 1.51. The third-order valence-corrected chi connectivity index (χ3v) is 5.34. The van der Waals surface area contributed by atoms with Crippen LogP contribution in [-0.4, -0.2) is 24.0 Å². The van der Waals surface area contributed by atoms with Crippen molar-refractivity contribution in [1.82, 2.24) is 10.3 Å². The first-order valence-electron chi connectivity index (χ1n) is 9.29. The number of aromatic nitrogens is 1. The summed E-state index contributed by atoms with van der Waals surface area (Å²) in [6, 6.07) is 19.5. The van der Waals surface area contributed by atoms with Gasteiger partial charge in [-0.15, -0.1) is 0 Å². The number of aryl methyl sites for hydroxylation is 2. The van der Waals surface area contributed by atoms with E-state index in [0.717, 1.165) is 17.1 Å². The molecule has 0 aliphatic heterocycles. The third kappa shape index (κ3) is 5.60. The molecule has 4 nitrogen and oxygen atoms in total. The minimum Gasteiger partial charge on any atom is -0.494 e. The van der Waals surface area contributed by atoms with Crippen LogP contribution in [0.25, 0.3) is 0 Å². The molecule has 0 saturated carbocycles. The molecule has 0 spiro atoms. The van der Waals surface area contributed by atoms with Crippen LogP contribution in [0.1, 0.15) is 27.9 Å². The first-order valence-corrected chi connectivity index (χ1v) is 10.1. The number of ether oxygens (including phenoxy) is 1. The van der Waals surface area contributed by atoms with Gasteiger partial charge in [-0.1, -0.05) is 36.0 Å². The molecule has 0 bridgehead atoms. The molecule has 0 atom stereocenters. The lowest BCUT2D eigenvalue weighted by atomic mass is 10.1. The van der Waals surface area contributed by atoms with E-state index in [1.165, 1.54) is 22.9 Å². The Morgan fingerprint density at radius 2 is 1.86 bits per heavy atom. The summed E-state index contributed by atoms with van der Waals surface area (Å²) in [6.07, 6.45) is 2.45. The Morgan fingerprint density at radius 1 is 1.04 bits per heavy atom. The number of para-hydroxylation sites is 1. The quantitative estimate of drug-likeness (QED) is 0.545. The van der Waals surface area contributed by atoms with E-state index in [4.69, 9.17) is 4.74 Å². The first kappa shape index (κ1) is 20.0. The Kier molecular flexibility index (Phi) is 7.09. The lowest BCUT2D eigenvalue weighted by Gasteiger charge is -2.10. The average Bonchev–Trinajstić information content (AvgIpc) is 2.71. The van der Waals surface area contributed by atoms with Crippen molar-refractivity contribution in [3.05, 3.63) is 83.6 Å². The monoisotopic (exact) mass is 392 g/mol. The van der Waals surface area contributed by atoms with Crippen molar-refractivity contribution in [1.29, 1.82) is 0 Å². The lowest BCUT2D eigenvalue weighted by Crippen LogP contribution is -2.26. The predicted molar refractivity (Wildman–Crippen MR) is 113 cm³/mol. The maximum Gasteiger partial charge on any atom is 0.254 e. The van der Waals surface area contributed by atoms with E-state index in [0.29, 0.717) is 23.7 Å².